The monoisotopic (exact) mass is 449 g/mol. The summed E-state index contributed by atoms with van der Waals surface area (Å²) < 4.78 is 7.48. The van der Waals surface area contributed by atoms with Crippen molar-refractivity contribution in [1.82, 2.24) is 20.1 Å². The van der Waals surface area contributed by atoms with Gasteiger partial charge in [0.25, 0.3) is 0 Å². The van der Waals surface area contributed by atoms with E-state index in [1.54, 1.807) is 7.11 Å². The fraction of sp³-hybridized carbons (Fsp3) is 0.333. The fourth-order valence-corrected chi connectivity index (χ4v) is 4.13. The molecule has 3 aromatic rings. The number of aliphatic imine (C=N–C) groups is 1. The molecule has 2 heterocycles. The van der Waals surface area contributed by atoms with Gasteiger partial charge in [-0.15, -0.1) is 10.2 Å². The van der Waals surface area contributed by atoms with Crippen molar-refractivity contribution in [2.45, 2.75) is 32.2 Å². The van der Waals surface area contributed by atoms with Gasteiger partial charge in [0.1, 0.15) is 17.6 Å². The number of hydrogen-bond donors (Lipinski definition) is 1. The Labute approximate surface area is 191 Å². The number of carbonyl (C=O) groups excluding carboxylic acids is 1. The van der Waals surface area contributed by atoms with Gasteiger partial charge in [0, 0.05) is 22.7 Å². The van der Waals surface area contributed by atoms with Crippen molar-refractivity contribution >= 4 is 23.2 Å². The summed E-state index contributed by atoms with van der Waals surface area (Å²) in [5, 5.41) is 12.4. The molecule has 5 rings (SSSR count). The molecular weight excluding hydrogens is 426 g/mol. The average molecular weight is 450 g/mol. The summed E-state index contributed by atoms with van der Waals surface area (Å²) in [5.41, 5.74) is 3.46. The number of fused-ring (bicyclic) bond motifs is 3. The summed E-state index contributed by atoms with van der Waals surface area (Å²) in [6.45, 7) is 2.63. The van der Waals surface area contributed by atoms with Crippen molar-refractivity contribution < 1.29 is 9.53 Å². The van der Waals surface area contributed by atoms with Gasteiger partial charge in [-0.1, -0.05) is 23.7 Å². The molecule has 32 heavy (non-hydrogen) atoms. The predicted octanol–water partition coefficient (Wildman–Crippen LogP) is 4.05. The number of ether oxygens (including phenoxy) is 1. The number of aromatic nitrogens is 3. The van der Waals surface area contributed by atoms with Gasteiger partial charge < -0.3 is 10.1 Å². The van der Waals surface area contributed by atoms with Crippen LogP contribution in [0.2, 0.25) is 5.02 Å². The van der Waals surface area contributed by atoms with Gasteiger partial charge in [-0.2, -0.15) is 0 Å². The number of halogens is 1. The lowest BCUT2D eigenvalue weighted by Gasteiger charge is -2.14. The Morgan fingerprint density at radius 3 is 2.69 bits per heavy atom. The van der Waals surface area contributed by atoms with Crippen LogP contribution >= 0.6 is 11.6 Å². The zero-order chi connectivity index (χ0) is 22.2. The molecule has 1 amide bonds. The first kappa shape index (κ1) is 20.7. The van der Waals surface area contributed by atoms with E-state index in [0.29, 0.717) is 16.8 Å². The molecule has 1 aromatic heterocycles. The van der Waals surface area contributed by atoms with Crippen molar-refractivity contribution in [3.63, 3.8) is 0 Å². The molecule has 1 saturated carbocycles. The largest absolute Gasteiger partial charge is 0.497 e. The minimum atomic E-state index is -0.473. The number of amides is 1. The highest BCUT2D eigenvalue weighted by Crippen LogP contribution is 2.34. The van der Waals surface area contributed by atoms with Crippen LogP contribution in [-0.2, 0) is 4.79 Å². The minimum absolute atomic E-state index is 0.0307. The number of aryl methyl sites for hydroxylation is 1. The topological polar surface area (TPSA) is 81.4 Å². The van der Waals surface area contributed by atoms with Crippen LogP contribution in [0.5, 0.6) is 5.75 Å². The Balaban J connectivity index is 1.63. The van der Waals surface area contributed by atoms with Crippen LogP contribution in [0, 0.1) is 12.8 Å². The third-order valence-corrected chi connectivity index (χ3v) is 6.17. The van der Waals surface area contributed by atoms with Crippen molar-refractivity contribution in [2.75, 3.05) is 13.7 Å². The first-order chi connectivity index (χ1) is 15.5. The second-order valence-electron chi connectivity index (χ2n) is 8.28. The van der Waals surface area contributed by atoms with Crippen LogP contribution in [0.1, 0.15) is 48.1 Å². The first-order valence-corrected chi connectivity index (χ1v) is 11.1. The number of hydrogen-bond acceptors (Lipinski definition) is 5. The summed E-state index contributed by atoms with van der Waals surface area (Å²) in [6.07, 6.45) is 2.58. The van der Waals surface area contributed by atoms with E-state index in [2.05, 4.69) is 15.5 Å². The lowest BCUT2D eigenvalue weighted by Crippen LogP contribution is -2.27. The lowest BCUT2D eigenvalue weighted by atomic mass is 10.00. The maximum absolute atomic E-state index is 12.8. The van der Waals surface area contributed by atoms with E-state index in [9.17, 15) is 4.79 Å². The molecule has 0 unspecified atom stereocenters. The zero-order valence-corrected chi connectivity index (χ0v) is 18.8. The molecule has 2 aromatic carbocycles. The van der Waals surface area contributed by atoms with Crippen LogP contribution in [0.4, 0.5) is 0 Å². The SMILES string of the molecule is COc1ccc2c(c1)C(c1ccc(Cl)cc1)=N[C@@H](CC(=O)NCC1CC1)c1nnc(C)n1-2. The highest BCUT2D eigenvalue weighted by molar-refractivity contribution is 6.30. The molecule has 164 valence electrons. The van der Waals surface area contributed by atoms with E-state index in [4.69, 9.17) is 21.3 Å². The summed E-state index contributed by atoms with van der Waals surface area (Å²) in [4.78, 5) is 17.8. The quantitative estimate of drug-likeness (QED) is 0.615. The van der Waals surface area contributed by atoms with Crippen LogP contribution in [-0.4, -0.2) is 40.0 Å². The molecule has 0 bridgehead atoms. The van der Waals surface area contributed by atoms with Crippen molar-refractivity contribution in [1.29, 1.82) is 0 Å². The Morgan fingerprint density at radius 2 is 1.97 bits per heavy atom. The molecule has 7 nitrogen and oxygen atoms in total. The number of carbonyl (C=O) groups is 1. The number of nitrogens with one attached hydrogen (secondary N) is 1. The average Bonchev–Trinajstić information content (AvgIpc) is 3.57. The molecule has 1 fully saturated rings. The van der Waals surface area contributed by atoms with Crippen molar-refractivity contribution in [3.8, 4) is 11.4 Å². The van der Waals surface area contributed by atoms with Gasteiger partial charge in [0.15, 0.2) is 5.82 Å². The van der Waals surface area contributed by atoms with E-state index in [1.165, 1.54) is 12.8 Å². The minimum Gasteiger partial charge on any atom is -0.497 e. The number of rotatable bonds is 6. The molecule has 1 aliphatic heterocycles. The molecule has 1 atom stereocenters. The normalized spacial score (nSPS) is 17.1. The van der Waals surface area contributed by atoms with Gasteiger partial charge in [0.2, 0.25) is 5.91 Å². The van der Waals surface area contributed by atoms with Crippen LogP contribution < -0.4 is 10.1 Å². The second kappa shape index (κ2) is 8.39. The Morgan fingerprint density at radius 1 is 1.19 bits per heavy atom. The van der Waals surface area contributed by atoms with Gasteiger partial charge in [-0.3, -0.25) is 14.4 Å². The van der Waals surface area contributed by atoms with Crippen LogP contribution in [0.25, 0.3) is 5.69 Å². The molecule has 0 spiro atoms. The molecule has 1 N–H and O–H groups in total. The highest BCUT2D eigenvalue weighted by atomic mass is 35.5. The number of methoxy groups -OCH3 is 1. The molecule has 0 radical (unpaired) electrons. The van der Waals surface area contributed by atoms with Gasteiger partial charge in [-0.05, 0) is 56.0 Å². The molecular formula is C24H24ClN5O2. The van der Waals surface area contributed by atoms with Crippen molar-refractivity contribution in [2.24, 2.45) is 10.9 Å². The first-order valence-electron chi connectivity index (χ1n) is 10.7. The van der Waals surface area contributed by atoms with Crippen LogP contribution in [0.3, 0.4) is 0 Å². The number of nitrogens with zero attached hydrogens (tertiary/aromatic N) is 4. The maximum Gasteiger partial charge on any atom is 0.222 e. The van der Waals surface area contributed by atoms with E-state index >= 15 is 0 Å². The molecule has 2 aliphatic rings. The van der Waals surface area contributed by atoms with Crippen molar-refractivity contribution in [3.05, 3.63) is 70.3 Å². The standard InChI is InChI=1S/C24H24ClN5O2/c1-14-28-29-24-20(12-22(31)26-13-15-3-4-15)27-23(16-5-7-17(25)8-6-16)19-11-18(32-2)9-10-21(19)30(14)24/h5-11,15,20H,3-4,12-13H2,1-2H3,(H,26,31)/t20-/m0/s1. The molecule has 8 heteroatoms. The highest BCUT2D eigenvalue weighted by Gasteiger charge is 2.30. The Hall–Kier alpha value is -3.19. The molecule has 0 saturated heterocycles. The van der Waals surface area contributed by atoms with Gasteiger partial charge in [0.05, 0.1) is 24.9 Å². The fourth-order valence-electron chi connectivity index (χ4n) is 4.00. The Bertz CT molecular complexity index is 1200. The van der Waals surface area contributed by atoms with E-state index < -0.39 is 6.04 Å². The number of benzene rings is 2. The van der Waals surface area contributed by atoms with Gasteiger partial charge >= 0.3 is 0 Å². The summed E-state index contributed by atoms with van der Waals surface area (Å²) in [7, 11) is 1.64. The van der Waals surface area contributed by atoms with E-state index in [-0.39, 0.29) is 12.3 Å². The van der Waals surface area contributed by atoms with E-state index in [1.807, 2.05) is 54.0 Å². The van der Waals surface area contributed by atoms with E-state index in [0.717, 1.165) is 40.6 Å². The summed E-state index contributed by atoms with van der Waals surface area (Å²) >= 11 is 6.13. The summed E-state index contributed by atoms with van der Waals surface area (Å²) in [5.74, 6) is 2.70. The second-order valence-corrected chi connectivity index (χ2v) is 8.71. The smallest absolute Gasteiger partial charge is 0.222 e. The summed E-state index contributed by atoms with van der Waals surface area (Å²) in [6, 6.07) is 12.9. The third-order valence-electron chi connectivity index (χ3n) is 5.91. The van der Waals surface area contributed by atoms with Crippen LogP contribution in [0.15, 0.2) is 47.5 Å². The zero-order valence-electron chi connectivity index (χ0n) is 18.0. The molecule has 1 aliphatic carbocycles. The maximum atomic E-state index is 12.8. The Kier molecular flexibility index (Phi) is 5.43. The third kappa shape index (κ3) is 4.00. The predicted molar refractivity (Wildman–Crippen MR) is 123 cm³/mol. The van der Waals surface area contributed by atoms with Gasteiger partial charge in [-0.25, -0.2) is 0 Å². The lowest BCUT2D eigenvalue weighted by molar-refractivity contribution is -0.121.